The van der Waals surface area contributed by atoms with Crippen LogP contribution in [0.4, 0.5) is 0 Å². The van der Waals surface area contributed by atoms with Crippen molar-refractivity contribution < 1.29 is 9.90 Å². The minimum Gasteiger partial charge on any atom is -0.507 e. The summed E-state index contributed by atoms with van der Waals surface area (Å²) in [5.41, 5.74) is 2.41. The van der Waals surface area contributed by atoms with Crippen molar-refractivity contribution in [2.75, 3.05) is 0 Å². The summed E-state index contributed by atoms with van der Waals surface area (Å²) in [5, 5.41) is 10.9. The van der Waals surface area contributed by atoms with Gasteiger partial charge in [0.25, 0.3) is 0 Å². The number of aromatic nitrogens is 2. The Bertz CT molecular complexity index is 953. The van der Waals surface area contributed by atoms with Gasteiger partial charge in [0.15, 0.2) is 5.78 Å². The SMILES string of the molecule is CCCCCCCn1ccn(CC(=O)c2cc(C(C)(C)C)c(O)c(C(C)(C)C)c2)c1=NBr. The van der Waals surface area contributed by atoms with Gasteiger partial charge in [0, 0.05) is 35.6 Å². The molecule has 0 saturated heterocycles. The minimum atomic E-state index is -0.273. The second-order valence-electron chi connectivity index (χ2n) is 10.8. The number of benzene rings is 1. The van der Waals surface area contributed by atoms with Gasteiger partial charge in [0.1, 0.15) is 5.75 Å². The van der Waals surface area contributed by atoms with Crippen LogP contribution < -0.4 is 5.62 Å². The van der Waals surface area contributed by atoms with Gasteiger partial charge in [-0.05, 0) is 29.4 Å². The normalized spacial score (nSPS) is 13.1. The Balaban J connectivity index is 2.32. The van der Waals surface area contributed by atoms with Crippen LogP contribution in [-0.2, 0) is 23.9 Å². The van der Waals surface area contributed by atoms with Gasteiger partial charge in [0.05, 0.1) is 22.7 Å². The number of unbranched alkanes of at least 4 members (excludes halogenated alkanes) is 4. The number of phenols is 1. The maximum atomic E-state index is 13.3. The summed E-state index contributed by atoms with van der Waals surface area (Å²) in [6.07, 6.45) is 9.97. The van der Waals surface area contributed by atoms with E-state index in [1.807, 2.05) is 29.1 Å². The van der Waals surface area contributed by atoms with Crippen molar-refractivity contribution in [1.82, 2.24) is 9.13 Å². The van der Waals surface area contributed by atoms with Crippen molar-refractivity contribution in [2.24, 2.45) is 4.02 Å². The number of imidazole rings is 1. The monoisotopic (exact) mass is 505 g/mol. The molecule has 0 spiro atoms. The van der Waals surface area contributed by atoms with Crippen LogP contribution in [0.1, 0.15) is 102 Å². The van der Waals surface area contributed by atoms with E-state index in [1.54, 1.807) is 0 Å². The number of rotatable bonds is 9. The van der Waals surface area contributed by atoms with Crippen LogP contribution >= 0.6 is 16.1 Å². The highest BCUT2D eigenvalue weighted by molar-refractivity contribution is 9.08. The number of phenolic OH excluding ortho intramolecular Hbond substituents is 1. The average Bonchev–Trinajstić information content (AvgIpc) is 3.07. The topological polar surface area (TPSA) is 59.5 Å². The summed E-state index contributed by atoms with van der Waals surface area (Å²) in [6, 6.07) is 3.70. The Morgan fingerprint density at radius 3 is 1.97 bits per heavy atom. The van der Waals surface area contributed by atoms with Gasteiger partial charge in [-0.1, -0.05) is 74.1 Å². The van der Waals surface area contributed by atoms with Gasteiger partial charge in [0.2, 0.25) is 5.62 Å². The zero-order valence-corrected chi connectivity index (χ0v) is 22.4. The van der Waals surface area contributed by atoms with Crippen LogP contribution in [-0.4, -0.2) is 20.0 Å². The van der Waals surface area contributed by atoms with Crippen LogP contribution in [0.15, 0.2) is 28.5 Å². The minimum absolute atomic E-state index is 0.00379. The molecular formula is C26H40BrN3O2. The van der Waals surface area contributed by atoms with E-state index in [9.17, 15) is 9.90 Å². The molecule has 5 nitrogen and oxygen atoms in total. The molecule has 1 aromatic heterocycles. The summed E-state index contributed by atoms with van der Waals surface area (Å²) in [7, 11) is 0. The quantitative estimate of drug-likeness (QED) is 0.306. The molecule has 0 aliphatic heterocycles. The lowest BCUT2D eigenvalue weighted by Gasteiger charge is -2.28. The first-order chi connectivity index (χ1) is 14.9. The molecule has 1 aromatic carbocycles. The fraction of sp³-hybridized carbons (Fsp3) is 0.615. The van der Waals surface area contributed by atoms with E-state index in [0.29, 0.717) is 11.3 Å². The van der Waals surface area contributed by atoms with Crippen LogP contribution in [0.2, 0.25) is 0 Å². The highest BCUT2D eigenvalue weighted by Gasteiger charge is 2.27. The van der Waals surface area contributed by atoms with E-state index in [0.717, 1.165) is 29.7 Å². The summed E-state index contributed by atoms with van der Waals surface area (Å²) >= 11 is 3.24. The number of carbonyl (C=O) groups is 1. The standard InChI is InChI=1S/C26H40BrN3O2/c1-8-9-10-11-12-13-29-14-15-30(24(29)28-27)18-22(31)19-16-20(25(2,3)4)23(32)21(17-19)26(5,6)7/h14-17,32H,8-13,18H2,1-7H3. The van der Waals surface area contributed by atoms with Gasteiger partial charge in [-0.15, -0.1) is 0 Å². The Labute approximate surface area is 201 Å². The number of nitrogens with zero attached hydrogens (tertiary/aromatic N) is 3. The van der Waals surface area contributed by atoms with Crippen molar-refractivity contribution in [1.29, 1.82) is 0 Å². The number of aromatic hydroxyl groups is 1. The highest BCUT2D eigenvalue weighted by Crippen LogP contribution is 2.39. The van der Waals surface area contributed by atoms with Gasteiger partial charge >= 0.3 is 0 Å². The number of halogens is 1. The van der Waals surface area contributed by atoms with Gasteiger partial charge in [-0.25, -0.2) is 0 Å². The Morgan fingerprint density at radius 1 is 0.938 bits per heavy atom. The summed E-state index contributed by atoms with van der Waals surface area (Å²) < 4.78 is 8.23. The van der Waals surface area contributed by atoms with E-state index in [2.05, 4.69) is 73.2 Å². The number of hydrogen-bond acceptors (Lipinski definition) is 3. The van der Waals surface area contributed by atoms with E-state index < -0.39 is 0 Å². The zero-order valence-electron chi connectivity index (χ0n) is 20.8. The molecule has 0 amide bonds. The lowest BCUT2D eigenvalue weighted by atomic mass is 9.78. The molecule has 1 N–H and O–H groups in total. The molecule has 2 rings (SSSR count). The third-order valence-electron chi connectivity index (χ3n) is 5.88. The third-order valence-corrected chi connectivity index (χ3v) is 6.20. The molecule has 6 heteroatoms. The van der Waals surface area contributed by atoms with Gasteiger partial charge < -0.3 is 14.2 Å². The lowest BCUT2D eigenvalue weighted by molar-refractivity contribution is 0.0970. The number of hydrogen-bond donors (Lipinski definition) is 1. The summed E-state index contributed by atoms with van der Waals surface area (Å²) in [5.74, 6) is 0.295. The molecule has 0 fully saturated rings. The smallest absolute Gasteiger partial charge is 0.217 e. The predicted octanol–water partition coefficient (Wildman–Crippen LogP) is 6.65. The van der Waals surface area contributed by atoms with Crippen molar-refractivity contribution in [2.45, 2.75) is 104 Å². The molecule has 0 atom stereocenters. The average molecular weight is 507 g/mol. The number of Topliss-reactive ketones (excluding diaryl/α,β-unsaturated/α-hetero) is 1. The molecule has 0 saturated carbocycles. The molecule has 0 bridgehead atoms. The summed E-state index contributed by atoms with van der Waals surface area (Å²) in [4.78, 5) is 13.3. The molecular weight excluding hydrogens is 466 g/mol. The fourth-order valence-electron chi connectivity index (χ4n) is 3.92. The van der Waals surface area contributed by atoms with E-state index in [1.165, 1.54) is 25.7 Å². The fourth-order valence-corrected chi connectivity index (χ4v) is 4.33. The van der Waals surface area contributed by atoms with Crippen LogP contribution in [0, 0.1) is 0 Å². The largest absolute Gasteiger partial charge is 0.507 e. The molecule has 32 heavy (non-hydrogen) atoms. The zero-order chi connectivity index (χ0) is 24.1. The number of ketones is 1. The number of aryl methyl sites for hydroxylation is 1. The summed E-state index contributed by atoms with van der Waals surface area (Å²) in [6.45, 7) is 15.6. The first-order valence-electron chi connectivity index (χ1n) is 11.7. The van der Waals surface area contributed by atoms with Crippen LogP contribution in [0.3, 0.4) is 0 Å². The Hall–Kier alpha value is -1.82. The van der Waals surface area contributed by atoms with Crippen LogP contribution in [0.5, 0.6) is 5.75 Å². The molecule has 1 heterocycles. The van der Waals surface area contributed by atoms with Crippen molar-refractivity contribution in [3.8, 4) is 5.75 Å². The van der Waals surface area contributed by atoms with Crippen LogP contribution in [0.25, 0.3) is 0 Å². The van der Waals surface area contributed by atoms with Gasteiger partial charge in [-0.2, -0.15) is 4.02 Å². The van der Waals surface area contributed by atoms with Crippen molar-refractivity contribution in [3.63, 3.8) is 0 Å². The maximum Gasteiger partial charge on any atom is 0.217 e. The molecule has 2 aromatic rings. The predicted molar refractivity (Wildman–Crippen MR) is 136 cm³/mol. The van der Waals surface area contributed by atoms with E-state index >= 15 is 0 Å². The highest BCUT2D eigenvalue weighted by atomic mass is 79.9. The molecule has 178 valence electrons. The number of carbonyl (C=O) groups excluding carboxylic acids is 1. The third kappa shape index (κ3) is 6.60. The maximum absolute atomic E-state index is 13.3. The first-order valence-corrected chi connectivity index (χ1v) is 12.4. The van der Waals surface area contributed by atoms with E-state index in [-0.39, 0.29) is 23.2 Å². The second-order valence-corrected chi connectivity index (χ2v) is 11.1. The molecule has 0 unspecified atom stereocenters. The lowest BCUT2D eigenvalue weighted by Crippen LogP contribution is -2.28. The van der Waals surface area contributed by atoms with Crippen molar-refractivity contribution >= 4 is 21.9 Å². The Morgan fingerprint density at radius 2 is 1.47 bits per heavy atom. The Kier molecular flexibility index (Phi) is 8.98. The van der Waals surface area contributed by atoms with Gasteiger partial charge in [-0.3, -0.25) is 4.79 Å². The molecule has 0 radical (unpaired) electrons. The second kappa shape index (κ2) is 10.9. The first kappa shape index (κ1) is 26.4. The molecule has 0 aliphatic rings. The van der Waals surface area contributed by atoms with E-state index in [4.69, 9.17) is 0 Å². The van der Waals surface area contributed by atoms with Crippen molar-refractivity contribution in [3.05, 3.63) is 46.8 Å². The molecule has 0 aliphatic carbocycles.